The van der Waals surface area contributed by atoms with Gasteiger partial charge in [0.15, 0.2) is 0 Å². The van der Waals surface area contributed by atoms with Crippen molar-refractivity contribution in [2.75, 3.05) is 5.32 Å². The topological polar surface area (TPSA) is 40.7 Å². The van der Waals surface area contributed by atoms with Crippen LogP contribution in [0.4, 0.5) is 14.5 Å². The van der Waals surface area contributed by atoms with Crippen molar-refractivity contribution < 1.29 is 8.78 Å². The molecule has 1 saturated carbocycles. The number of anilines is 1. The number of pyridine rings is 1. The van der Waals surface area contributed by atoms with E-state index in [0.29, 0.717) is 23.8 Å². The van der Waals surface area contributed by atoms with E-state index >= 15 is 0 Å². The minimum atomic E-state index is -1.06. The van der Waals surface area contributed by atoms with Crippen molar-refractivity contribution in [2.45, 2.75) is 31.4 Å². The molecule has 0 bridgehead atoms. The Hall–Kier alpha value is -2.26. The van der Waals surface area contributed by atoms with Gasteiger partial charge in [0.05, 0.1) is 5.69 Å². The number of hydrogen-bond donors (Lipinski definition) is 2. The van der Waals surface area contributed by atoms with E-state index in [9.17, 15) is 8.78 Å². The summed E-state index contributed by atoms with van der Waals surface area (Å²) in [7, 11) is 2.38. The number of halogens is 2. The molecule has 2 heterocycles. The predicted molar refractivity (Wildman–Crippen MR) is 106 cm³/mol. The monoisotopic (exact) mass is 371 g/mol. The fraction of sp³-hybridized carbons (Fsp3) is 0.250. The molecular formula is C20H20F2N3P. The van der Waals surface area contributed by atoms with Crippen molar-refractivity contribution in [3.63, 3.8) is 0 Å². The fourth-order valence-electron chi connectivity index (χ4n) is 3.50. The molecule has 1 atom stereocenters. The molecule has 0 amide bonds. The van der Waals surface area contributed by atoms with Gasteiger partial charge in [-0.05, 0) is 44.0 Å². The molecular weight excluding hydrogens is 351 g/mol. The van der Waals surface area contributed by atoms with Gasteiger partial charge in [-0.25, -0.2) is 8.78 Å². The maximum Gasteiger partial charge on any atom is 0.131 e. The molecule has 1 aliphatic rings. The summed E-state index contributed by atoms with van der Waals surface area (Å²) in [6.07, 6.45) is 4.58. The fourth-order valence-corrected chi connectivity index (χ4v) is 3.75. The van der Waals surface area contributed by atoms with Crippen molar-refractivity contribution >= 4 is 36.8 Å². The van der Waals surface area contributed by atoms with Crippen LogP contribution in [0.2, 0.25) is 0 Å². The van der Waals surface area contributed by atoms with E-state index in [2.05, 4.69) is 31.1 Å². The molecule has 2 N–H and O–H groups in total. The predicted octanol–water partition coefficient (Wildman–Crippen LogP) is 4.89. The molecule has 2 aromatic heterocycles. The molecule has 3 aromatic rings. The highest BCUT2D eigenvalue weighted by Gasteiger charge is 2.41. The molecule has 0 spiro atoms. The van der Waals surface area contributed by atoms with E-state index < -0.39 is 5.67 Å². The van der Waals surface area contributed by atoms with Crippen LogP contribution in [0.15, 0.2) is 43.2 Å². The minimum absolute atomic E-state index is 0.193. The van der Waals surface area contributed by atoms with Gasteiger partial charge in [-0.15, -0.1) is 9.24 Å². The zero-order valence-electron chi connectivity index (χ0n) is 14.4. The lowest BCUT2D eigenvalue weighted by molar-refractivity contribution is 0.0600. The second kappa shape index (κ2) is 6.17. The molecule has 3 nitrogen and oxygen atoms in total. The van der Waals surface area contributed by atoms with Crippen LogP contribution < -0.4 is 10.6 Å². The highest BCUT2D eigenvalue weighted by atomic mass is 31.0. The maximum atomic E-state index is 13.9. The van der Waals surface area contributed by atoms with Crippen LogP contribution in [0, 0.1) is 5.82 Å². The quantitative estimate of drug-likeness (QED) is 0.641. The second-order valence-electron chi connectivity index (χ2n) is 7.22. The highest BCUT2D eigenvalue weighted by molar-refractivity contribution is 7.27. The number of H-pyrrole nitrogens is 1. The Kier molecular flexibility index (Phi) is 4.07. The van der Waals surface area contributed by atoms with Crippen LogP contribution in [-0.2, 0) is 0 Å². The normalized spacial score (nSPS) is 22.2. The van der Waals surface area contributed by atoms with Gasteiger partial charge in [-0.3, -0.25) is 4.98 Å². The Bertz CT molecular complexity index is 984. The molecule has 4 rings (SSSR count). The zero-order valence-corrected chi connectivity index (χ0v) is 15.6. The lowest BCUT2D eigenvalue weighted by Crippen LogP contribution is -2.35. The van der Waals surface area contributed by atoms with E-state index in [0.717, 1.165) is 27.8 Å². The van der Waals surface area contributed by atoms with E-state index in [1.165, 1.54) is 6.07 Å². The van der Waals surface area contributed by atoms with E-state index in [-0.39, 0.29) is 11.7 Å². The van der Waals surface area contributed by atoms with Crippen LogP contribution in [0.5, 0.6) is 0 Å². The van der Waals surface area contributed by atoms with Crippen molar-refractivity contribution in [3.05, 3.63) is 60.3 Å². The SMILES string of the molecule is C=C(Nc1c[nH]c2cc(P)c(F)cc12)c1ccc(C2CC(C)(F)C2)nc1. The number of aromatic nitrogens is 2. The summed E-state index contributed by atoms with van der Waals surface area (Å²) >= 11 is 0. The summed E-state index contributed by atoms with van der Waals surface area (Å²) < 4.78 is 27.5. The van der Waals surface area contributed by atoms with E-state index in [1.807, 2.05) is 12.1 Å². The summed E-state index contributed by atoms with van der Waals surface area (Å²) in [5, 5.41) is 4.50. The Morgan fingerprint density at radius 2 is 2.15 bits per heavy atom. The van der Waals surface area contributed by atoms with Crippen LogP contribution in [0.3, 0.4) is 0 Å². The standard InChI is InChI=1S/C20H20F2N3P/c1-11(12-3-4-16(23-9-12)13-7-20(2,22)8-13)25-18-10-24-17-6-19(26)15(21)5-14(17)18/h3-6,9-10,13,24-25H,1,7-8,26H2,2H3. The number of aromatic amines is 1. The molecule has 1 aromatic carbocycles. The van der Waals surface area contributed by atoms with Gasteiger partial charge in [0, 0.05) is 51.5 Å². The van der Waals surface area contributed by atoms with Crippen molar-refractivity contribution in [2.24, 2.45) is 0 Å². The van der Waals surface area contributed by atoms with Crippen molar-refractivity contribution in [3.8, 4) is 0 Å². The largest absolute Gasteiger partial charge is 0.359 e. The molecule has 26 heavy (non-hydrogen) atoms. The first-order valence-corrected chi connectivity index (χ1v) is 9.07. The van der Waals surface area contributed by atoms with Crippen LogP contribution in [0.25, 0.3) is 16.6 Å². The van der Waals surface area contributed by atoms with Gasteiger partial charge >= 0.3 is 0 Å². The Morgan fingerprint density at radius 1 is 1.38 bits per heavy atom. The van der Waals surface area contributed by atoms with Gasteiger partial charge in [0.1, 0.15) is 11.5 Å². The first-order chi connectivity index (χ1) is 12.3. The first-order valence-electron chi connectivity index (χ1n) is 8.50. The van der Waals surface area contributed by atoms with E-state index in [4.69, 9.17) is 0 Å². The van der Waals surface area contributed by atoms with Gasteiger partial charge in [-0.2, -0.15) is 0 Å². The second-order valence-corrected chi connectivity index (χ2v) is 7.84. The third-order valence-corrected chi connectivity index (χ3v) is 5.42. The lowest BCUT2D eigenvalue weighted by Gasteiger charge is -2.38. The third kappa shape index (κ3) is 3.12. The van der Waals surface area contributed by atoms with Crippen molar-refractivity contribution in [1.29, 1.82) is 0 Å². The number of fused-ring (bicyclic) bond motifs is 1. The Morgan fingerprint density at radius 3 is 2.81 bits per heavy atom. The molecule has 1 unspecified atom stereocenters. The van der Waals surface area contributed by atoms with Crippen molar-refractivity contribution in [1.82, 2.24) is 9.97 Å². The lowest BCUT2D eigenvalue weighted by atomic mass is 9.72. The number of benzene rings is 1. The molecule has 0 aliphatic heterocycles. The van der Waals surface area contributed by atoms with Crippen LogP contribution >= 0.6 is 9.24 Å². The summed E-state index contributed by atoms with van der Waals surface area (Å²) in [6, 6.07) is 7.10. The zero-order chi connectivity index (χ0) is 18.5. The minimum Gasteiger partial charge on any atom is -0.359 e. The Labute approximate surface area is 153 Å². The van der Waals surface area contributed by atoms with Gasteiger partial charge < -0.3 is 10.3 Å². The van der Waals surface area contributed by atoms with Gasteiger partial charge in [0.2, 0.25) is 0 Å². The molecule has 1 fully saturated rings. The number of hydrogen-bond acceptors (Lipinski definition) is 2. The number of alkyl halides is 1. The number of rotatable bonds is 4. The number of nitrogens with one attached hydrogen (secondary N) is 2. The molecule has 1 aliphatic carbocycles. The van der Waals surface area contributed by atoms with E-state index in [1.54, 1.807) is 25.4 Å². The average molecular weight is 371 g/mol. The van der Waals surface area contributed by atoms with Crippen LogP contribution in [0.1, 0.15) is 36.9 Å². The smallest absolute Gasteiger partial charge is 0.131 e. The first kappa shape index (κ1) is 17.2. The van der Waals surface area contributed by atoms with Crippen LogP contribution in [-0.4, -0.2) is 15.6 Å². The number of nitrogens with zero attached hydrogens (tertiary/aromatic N) is 1. The molecule has 134 valence electrons. The summed E-state index contributed by atoms with van der Waals surface area (Å²) in [4.78, 5) is 7.59. The average Bonchev–Trinajstić information content (AvgIpc) is 2.95. The summed E-state index contributed by atoms with van der Waals surface area (Å²) in [5.41, 5.74) is 2.97. The van der Waals surface area contributed by atoms with Gasteiger partial charge in [-0.1, -0.05) is 6.58 Å². The molecule has 0 saturated heterocycles. The van der Waals surface area contributed by atoms with Gasteiger partial charge in [0.25, 0.3) is 0 Å². The highest BCUT2D eigenvalue weighted by Crippen LogP contribution is 2.46. The summed E-state index contributed by atoms with van der Waals surface area (Å²) in [6.45, 7) is 5.69. The Balaban J connectivity index is 1.51. The maximum absolute atomic E-state index is 13.9. The third-order valence-electron chi connectivity index (χ3n) is 4.98. The summed E-state index contributed by atoms with van der Waals surface area (Å²) in [5.74, 6) is -0.0832. The molecule has 0 radical (unpaired) electrons. The molecule has 6 heteroatoms.